The van der Waals surface area contributed by atoms with Crippen molar-refractivity contribution in [1.82, 2.24) is 0 Å². The minimum atomic E-state index is 0.303. The molecule has 0 heterocycles. The highest BCUT2D eigenvalue weighted by Gasteiger charge is 2.22. The zero-order valence-corrected chi connectivity index (χ0v) is 10.4. The van der Waals surface area contributed by atoms with E-state index in [4.69, 9.17) is 0 Å². The number of benzene rings is 1. The second kappa shape index (κ2) is 4.07. The summed E-state index contributed by atoms with van der Waals surface area (Å²) in [5.41, 5.74) is 2.16. The van der Waals surface area contributed by atoms with Gasteiger partial charge >= 0.3 is 0 Å². The Morgan fingerprint density at radius 2 is 2.14 bits per heavy atom. The van der Waals surface area contributed by atoms with Gasteiger partial charge in [0.25, 0.3) is 0 Å². The summed E-state index contributed by atoms with van der Waals surface area (Å²) in [5.74, 6) is 0.303. The molecule has 1 nitrogen and oxygen atoms in total. The zero-order valence-electron chi connectivity index (χ0n) is 7.97. The average Bonchev–Trinajstić information content (AvgIpc) is 2.20. The molecule has 1 aliphatic rings. The van der Waals surface area contributed by atoms with Crippen LogP contribution in [0.4, 0.5) is 0 Å². The lowest BCUT2D eigenvalue weighted by atomic mass is 9.91. The molecule has 0 amide bonds. The van der Waals surface area contributed by atoms with Gasteiger partial charge in [0.1, 0.15) is 0 Å². The first-order chi connectivity index (χ1) is 6.74. The van der Waals surface area contributed by atoms with Gasteiger partial charge < -0.3 is 0 Å². The van der Waals surface area contributed by atoms with Crippen LogP contribution < -0.4 is 0 Å². The molecule has 0 atom stereocenters. The fourth-order valence-electron chi connectivity index (χ4n) is 1.87. The second-order valence-electron chi connectivity index (χ2n) is 3.38. The molecule has 0 unspecified atom stereocenters. The highest BCUT2D eigenvalue weighted by Crippen LogP contribution is 2.34. The topological polar surface area (TPSA) is 17.1 Å². The number of fused-ring (bicyclic) bond motifs is 1. The van der Waals surface area contributed by atoms with E-state index in [0.717, 1.165) is 27.8 Å². The molecular weight excluding hydrogens is 260 g/mol. The smallest absolute Gasteiger partial charge is 0.164 e. The van der Waals surface area contributed by atoms with Crippen LogP contribution in [0.15, 0.2) is 21.5 Å². The Balaban J connectivity index is 2.64. The molecule has 3 heteroatoms. The van der Waals surface area contributed by atoms with Gasteiger partial charge in [0.05, 0.1) is 0 Å². The number of hydrogen-bond acceptors (Lipinski definition) is 2. The lowest BCUT2D eigenvalue weighted by molar-refractivity contribution is 0.0969. The largest absolute Gasteiger partial charge is 0.294 e. The minimum Gasteiger partial charge on any atom is -0.294 e. The number of ketones is 1. The van der Waals surface area contributed by atoms with Crippen LogP contribution in [0.5, 0.6) is 0 Å². The summed E-state index contributed by atoms with van der Waals surface area (Å²) in [6, 6.07) is 4.07. The van der Waals surface area contributed by atoms with Crippen molar-refractivity contribution < 1.29 is 4.79 Å². The van der Waals surface area contributed by atoms with Crippen LogP contribution in [0.2, 0.25) is 0 Å². The Bertz CT molecular complexity index is 387. The molecule has 0 N–H and O–H groups in total. The van der Waals surface area contributed by atoms with Crippen molar-refractivity contribution in [2.24, 2.45) is 0 Å². The molecule has 74 valence electrons. The molecule has 0 saturated heterocycles. The zero-order chi connectivity index (χ0) is 10.1. The van der Waals surface area contributed by atoms with Gasteiger partial charge in [-0.1, -0.05) is 15.9 Å². The number of thioether (sulfide) groups is 1. The molecule has 0 bridgehead atoms. The monoisotopic (exact) mass is 270 g/mol. The average molecular weight is 271 g/mol. The summed E-state index contributed by atoms with van der Waals surface area (Å²) < 4.78 is 1.08. The first kappa shape index (κ1) is 10.2. The fraction of sp³-hybridized carbons (Fsp3) is 0.364. The van der Waals surface area contributed by atoms with Crippen molar-refractivity contribution in [1.29, 1.82) is 0 Å². The molecule has 0 aliphatic heterocycles. The van der Waals surface area contributed by atoms with Crippen molar-refractivity contribution >= 4 is 33.5 Å². The molecule has 1 aromatic carbocycles. The highest BCUT2D eigenvalue weighted by atomic mass is 79.9. The molecule has 1 aliphatic carbocycles. The third kappa shape index (κ3) is 1.63. The van der Waals surface area contributed by atoms with Crippen LogP contribution in [0, 0.1) is 0 Å². The standard InChI is InChI=1S/C11H11BrOS/c1-14-10-6-5-8(12)7-3-2-4-9(13)11(7)10/h5-6H,2-4H2,1H3. The van der Waals surface area contributed by atoms with E-state index in [1.54, 1.807) is 11.8 Å². The Morgan fingerprint density at radius 1 is 1.36 bits per heavy atom. The second-order valence-corrected chi connectivity index (χ2v) is 5.08. The number of halogens is 1. The molecule has 0 aromatic heterocycles. The number of carbonyl (C=O) groups excluding carboxylic acids is 1. The molecule has 0 radical (unpaired) electrons. The normalized spacial score (nSPS) is 15.4. The van der Waals surface area contributed by atoms with E-state index >= 15 is 0 Å². The lowest BCUT2D eigenvalue weighted by Gasteiger charge is -2.18. The van der Waals surface area contributed by atoms with Crippen LogP contribution in [-0.2, 0) is 6.42 Å². The first-order valence-corrected chi connectivity index (χ1v) is 6.64. The van der Waals surface area contributed by atoms with Crippen LogP contribution >= 0.6 is 27.7 Å². The van der Waals surface area contributed by atoms with Crippen molar-refractivity contribution in [3.8, 4) is 0 Å². The molecular formula is C11H11BrOS. The maximum Gasteiger partial charge on any atom is 0.164 e. The van der Waals surface area contributed by atoms with Crippen molar-refractivity contribution in [3.63, 3.8) is 0 Å². The maximum absolute atomic E-state index is 11.8. The first-order valence-electron chi connectivity index (χ1n) is 4.62. The SMILES string of the molecule is CSc1ccc(Br)c2c1C(=O)CCC2. The summed E-state index contributed by atoms with van der Waals surface area (Å²) in [4.78, 5) is 12.9. The quantitative estimate of drug-likeness (QED) is 0.724. The molecule has 1 aromatic rings. The van der Waals surface area contributed by atoms with E-state index < -0.39 is 0 Å². The van der Waals surface area contributed by atoms with E-state index in [2.05, 4.69) is 15.9 Å². The Morgan fingerprint density at radius 3 is 2.86 bits per heavy atom. The van der Waals surface area contributed by atoms with Crippen molar-refractivity contribution in [2.75, 3.05) is 6.26 Å². The van der Waals surface area contributed by atoms with Crippen molar-refractivity contribution in [2.45, 2.75) is 24.2 Å². The van der Waals surface area contributed by atoms with Crippen LogP contribution in [-0.4, -0.2) is 12.0 Å². The van der Waals surface area contributed by atoms with Gasteiger partial charge in [0.2, 0.25) is 0 Å². The van der Waals surface area contributed by atoms with E-state index in [-0.39, 0.29) is 0 Å². The van der Waals surface area contributed by atoms with E-state index in [1.165, 1.54) is 5.56 Å². The van der Waals surface area contributed by atoms with E-state index in [0.29, 0.717) is 12.2 Å². The van der Waals surface area contributed by atoms with Gasteiger partial charge in [-0.05, 0) is 36.8 Å². The Kier molecular flexibility index (Phi) is 2.98. The fourth-order valence-corrected chi connectivity index (χ4v) is 3.05. The summed E-state index contributed by atoms with van der Waals surface area (Å²) in [6.07, 6.45) is 4.74. The van der Waals surface area contributed by atoms with Crippen LogP contribution in [0.25, 0.3) is 0 Å². The number of rotatable bonds is 1. The molecule has 0 saturated carbocycles. The van der Waals surface area contributed by atoms with E-state index in [9.17, 15) is 4.79 Å². The predicted molar refractivity (Wildman–Crippen MR) is 63.2 cm³/mol. The molecule has 0 spiro atoms. The summed E-state index contributed by atoms with van der Waals surface area (Å²) in [5, 5.41) is 0. The maximum atomic E-state index is 11.8. The Hall–Kier alpha value is -0.280. The van der Waals surface area contributed by atoms with Gasteiger partial charge in [-0.25, -0.2) is 0 Å². The Labute approximate surface area is 96.4 Å². The molecule has 14 heavy (non-hydrogen) atoms. The summed E-state index contributed by atoms with van der Waals surface area (Å²) in [7, 11) is 0. The molecule has 0 fully saturated rings. The van der Waals surface area contributed by atoms with E-state index in [1.807, 2.05) is 18.4 Å². The number of Topliss-reactive ketones (excluding diaryl/α,β-unsaturated/α-hetero) is 1. The van der Waals surface area contributed by atoms with Gasteiger partial charge in [0.15, 0.2) is 5.78 Å². The van der Waals surface area contributed by atoms with Crippen LogP contribution in [0.1, 0.15) is 28.8 Å². The third-order valence-corrected chi connectivity index (χ3v) is 4.07. The van der Waals surface area contributed by atoms with Crippen LogP contribution in [0.3, 0.4) is 0 Å². The predicted octanol–water partition coefficient (Wildman–Crippen LogP) is 3.69. The van der Waals surface area contributed by atoms with Gasteiger partial charge in [-0.15, -0.1) is 11.8 Å². The highest BCUT2D eigenvalue weighted by molar-refractivity contribution is 9.10. The molecule has 2 rings (SSSR count). The van der Waals surface area contributed by atoms with Crippen molar-refractivity contribution in [3.05, 3.63) is 27.7 Å². The summed E-state index contributed by atoms with van der Waals surface area (Å²) >= 11 is 5.17. The van der Waals surface area contributed by atoms with Gasteiger partial charge in [-0.2, -0.15) is 0 Å². The number of carbonyl (C=O) groups is 1. The van der Waals surface area contributed by atoms with Gasteiger partial charge in [-0.3, -0.25) is 4.79 Å². The van der Waals surface area contributed by atoms with Gasteiger partial charge in [0, 0.05) is 21.4 Å². The number of hydrogen-bond donors (Lipinski definition) is 0. The minimum absolute atomic E-state index is 0.303. The summed E-state index contributed by atoms with van der Waals surface area (Å²) in [6.45, 7) is 0. The third-order valence-electron chi connectivity index (χ3n) is 2.55. The lowest BCUT2D eigenvalue weighted by Crippen LogP contribution is -2.12.